The molecule has 20 heavy (non-hydrogen) atoms. The summed E-state index contributed by atoms with van der Waals surface area (Å²) in [6.45, 7) is 2.29. The Morgan fingerprint density at radius 2 is 1.25 bits per heavy atom. The summed E-state index contributed by atoms with van der Waals surface area (Å²) < 4.78 is 0. The van der Waals surface area contributed by atoms with Crippen LogP contribution >= 0.6 is 0 Å². The summed E-state index contributed by atoms with van der Waals surface area (Å²) in [6, 6.07) is 11.1. The van der Waals surface area contributed by atoms with Gasteiger partial charge in [-0.15, -0.1) is 0 Å². The van der Waals surface area contributed by atoms with Crippen molar-refractivity contribution in [1.29, 1.82) is 0 Å². The van der Waals surface area contributed by atoms with Gasteiger partial charge in [-0.25, -0.2) is 0 Å². The van der Waals surface area contributed by atoms with Gasteiger partial charge in [0, 0.05) is 10.2 Å². The minimum atomic E-state index is 0.866. The van der Waals surface area contributed by atoms with Gasteiger partial charge in [0.25, 0.3) is 0 Å². The van der Waals surface area contributed by atoms with E-state index in [0.29, 0.717) is 0 Å². The number of benzene rings is 1. The quantitative estimate of drug-likeness (QED) is 0.357. The first-order chi connectivity index (χ1) is 9.84. The van der Waals surface area contributed by atoms with Crippen LogP contribution in [0.1, 0.15) is 88.7 Å². The predicted molar refractivity (Wildman–Crippen MR) is 95.6 cm³/mol. The molecule has 1 atom stereocenters. The monoisotopic (exact) mass is 290 g/mol. The van der Waals surface area contributed by atoms with Crippen molar-refractivity contribution in [2.45, 2.75) is 83.1 Å². The summed E-state index contributed by atoms with van der Waals surface area (Å²) in [4.78, 5) is 0. The van der Waals surface area contributed by atoms with E-state index in [9.17, 15) is 0 Å². The van der Waals surface area contributed by atoms with Crippen molar-refractivity contribution in [1.82, 2.24) is 0 Å². The maximum Gasteiger partial charge on any atom is 0.0123 e. The second kappa shape index (κ2) is 12.2. The molecule has 1 aromatic rings. The second-order valence-electron chi connectivity index (χ2n) is 6.28. The van der Waals surface area contributed by atoms with Crippen LogP contribution in [0.2, 0.25) is 0 Å². The number of unbranched alkanes of at least 4 members (excludes halogenated alkanes) is 9. The zero-order valence-electron chi connectivity index (χ0n) is 13.7. The van der Waals surface area contributed by atoms with Gasteiger partial charge >= 0.3 is 0 Å². The maximum atomic E-state index is 2.30. The summed E-state index contributed by atoms with van der Waals surface area (Å²) in [5.74, 6) is 0. The molecule has 0 aromatic heterocycles. The summed E-state index contributed by atoms with van der Waals surface area (Å²) in [5, 5.41) is 0. The van der Waals surface area contributed by atoms with Gasteiger partial charge < -0.3 is 0 Å². The van der Waals surface area contributed by atoms with Crippen molar-refractivity contribution in [3.63, 3.8) is 0 Å². The third kappa shape index (κ3) is 8.58. The second-order valence-corrected chi connectivity index (χ2v) is 7.68. The highest BCUT2D eigenvalue weighted by Crippen LogP contribution is 2.19. The Labute approximate surface area is 129 Å². The van der Waals surface area contributed by atoms with Crippen LogP contribution in [0.15, 0.2) is 30.3 Å². The van der Waals surface area contributed by atoms with E-state index in [1.54, 1.807) is 5.56 Å². The predicted octanol–water partition coefficient (Wildman–Crippen LogP) is 5.40. The molecule has 0 nitrogen and oxygen atoms in total. The molecular weight excluding hydrogens is 256 g/mol. The SMILES string of the molecule is CCCCCCCCCCCCC([SiH3])c1ccccc1. The van der Waals surface area contributed by atoms with Gasteiger partial charge in [-0.2, -0.15) is 0 Å². The molecule has 0 saturated carbocycles. The van der Waals surface area contributed by atoms with Gasteiger partial charge in [-0.1, -0.05) is 101 Å². The lowest BCUT2D eigenvalue weighted by Gasteiger charge is -2.11. The highest BCUT2D eigenvalue weighted by Gasteiger charge is 2.03. The Bertz CT molecular complexity index is 307. The van der Waals surface area contributed by atoms with Crippen molar-refractivity contribution >= 4 is 10.2 Å². The number of hydrogen-bond acceptors (Lipinski definition) is 0. The fraction of sp³-hybridized carbons (Fsp3) is 0.684. The molecular formula is C19H34Si. The van der Waals surface area contributed by atoms with Crippen molar-refractivity contribution in [2.75, 3.05) is 0 Å². The fourth-order valence-electron chi connectivity index (χ4n) is 2.89. The third-order valence-electron chi connectivity index (χ3n) is 4.36. The zero-order chi connectivity index (χ0) is 14.5. The summed E-state index contributed by atoms with van der Waals surface area (Å²) in [6.07, 6.45) is 15.8. The lowest BCUT2D eigenvalue weighted by molar-refractivity contribution is 0.547. The minimum Gasteiger partial charge on any atom is -0.0654 e. The molecule has 114 valence electrons. The standard InChI is InChI=1S/C19H34Si/c1-2-3-4-5-6-7-8-9-10-14-17-19(20)18-15-12-11-13-16-18/h11-13,15-16,19H,2-10,14,17H2,1,20H3. The van der Waals surface area contributed by atoms with Gasteiger partial charge in [0.15, 0.2) is 0 Å². The first-order valence-corrected chi connectivity index (χ1v) is 10.0. The zero-order valence-corrected chi connectivity index (χ0v) is 15.7. The van der Waals surface area contributed by atoms with E-state index >= 15 is 0 Å². The molecule has 0 aliphatic carbocycles. The lowest BCUT2D eigenvalue weighted by atomic mass is 10.0. The van der Waals surface area contributed by atoms with Crippen LogP contribution in [-0.4, -0.2) is 10.2 Å². The summed E-state index contributed by atoms with van der Waals surface area (Å²) >= 11 is 0. The number of hydrogen-bond donors (Lipinski definition) is 0. The number of rotatable bonds is 12. The first kappa shape index (κ1) is 17.5. The molecule has 0 fully saturated rings. The molecule has 1 heteroatoms. The maximum absolute atomic E-state index is 2.30. The van der Waals surface area contributed by atoms with Crippen LogP contribution in [0.4, 0.5) is 0 Å². The van der Waals surface area contributed by atoms with E-state index < -0.39 is 0 Å². The smallest absolute Gasteiger partial charge is 0.0123 e. The van der Waals surface area contributed by atoms with Gasteiger partial charge in [-0.05, 0) is 17.5 Å². The Balaban J connectivity index is 1.90. The van der Waals surface area contributed by atoms with Crippen molar-refractivity contribution in [3.8, 4) is 0 Å². The van der Waals surface area contributed by atoms with Crippen molar-refractivity contribution in [2.24, 2.45) is 0 Å². The molecule has 0 heterocycles. The van der Waals surface area contributed by atoms with Crippen LogP contribution in [0.25, 0.3) is 0 Å². The van der Waals surface area contributed by atoms with Crippen molar-refractivity contribution < 1.29 is 0 Å². The molecule has 1 unspecified atom stereocenters. The fourth-order valence-corrected chi connectivity index (χ4v) is 3.68. The molecule has 0 amide bonds. The van der Waals surface area contributed by atoms with E-state index in [1.807, 2.05) is 0 Å². The Hall–Kier alpha value is -0.563. The van der Waals surface area contributed by atoms with E-state index in [2.05, 4.69) is 37.3 Å². The molecule has 0 spiro atoms. The van der Waals surface area contributed by atoms with Gasteiger partial charge in [0.1, 0.15) is 0 Å². The lowest BCUT2D eigenvalue weighted by Crippen LogP contribution is -1.97. The van der Waals surface area contributed by atoms with E-state index in [0.717, 1.165) is 5.54 Å². The molecule has 0 aliphatic rings. The van der Waals surface area contributed by atoms with E-state index in [1.165, 1.54) is 80.9 Å². The first-order valence-electron chi connectivity index (χ1n) is 8.89. The molecule has 0 aliphatic heterocycles. The van der Waals surface area contributed by atoms with Gasteiger partial charge in [0.2, 0.25) is 0 Å². The molecule has 1 rings (SSSR count). The Morgan fingerprint density at radius 3 is 1.80 bits per heavy atom. The highest BCUT2D eigenvalue weighted by atomic mass is 28.1. The normalized spacial score (nSPS) is 12.7. The molecule has 1 aromatic carbocycles. The average molecular weight is 291 g/mol. The minimum absolute atomic E-state index is 0.866. The highest BCUT2D eigenvalue weighted by molar-refractivity contribution is 6.12. The van der Waals surface area contributed by atoms with E-state index in [-0.39, 0.29) is 0 Å². The molecule has 0 bridgehead atoms. The third-order valence-corrected chi connectivity index (χ3v) is 5.60. The Morgan fingerprint density at radius 1 is 0.750 bits per heavy atom. The van der Waals surface area contributed by atoms with Gasteiger partial charge in [0.05, 0.1) is 0 Å². The largest absolute Gasteiger partial charge is 0.0654 e. The summed E-state index contributed by atoms with van der Waals surface area (Å²) in [5.41, 5.74) is 2.43. The molecule has 0 N–H and O–H groups in total. The van der Waals surface area contributed by atoms with Crippen molar-refractivity contribution in [3.05, 3.63) is 35.9 Å². The van der Waals surface area contributed by atoms with Crippen LogP contribution in [0.3, 0.4) is 0 Å². The van der Waals surface area contributed by atoms with E-state index in [4.69, 9.17) is 0 Å². The Kier molecular flexibility index (Phi) is 10.7. The average Bonchev–Trinajstić information content (AvgIpc) is 2.50. The van der Waals surface area contributed by atoms with Crippen LogP contribution < -0.4 is 0 Å². The topological polar surface area (TPSA) is 0 Å². The molecule has 0 radical (unpaired) electrons. The van der Waals surface area contributed by atoms with Crippen LogP contribution in [0, 0.1) is 0 Å². The van der Waals surface area contributed by atoms with Gasteiger partial charge in [-0.3, -0.25) is 0 Å². The molecule has 0 saturated heterocycles. The van der Waals surface area contributed by atoms with Crippen LogP contribution in [-0.2, 0) is 0 Å². The van der Waals surface area contributed by atoms with Crippen LogP contribution in [0.5, 0.6) is 0 Å². The summed E-state index contributed by atoms with van der Waals surface area (Å²) in [7, 11) is 1.30.